The van der Waals surface area contributed by atoms with Gasteiger partial charge in [-0.15, -0.1) is 11.6 Å². The number of hydrogen-bond donors (Lipinski definition) is 0. The Morgan fingerprint density at radius 2 is 1.86 bits per heavy atom. The Balaban J connectivity index is 1.76. The van der Waals surface area contributed by atoms with Crippen molar-refractivity contribution in [3.63, 3.8) is 0 Å². The Morgan fingerprint density at radius 1 is 1.29 bits per heavy atom. The van der Waals surface area contributed by atoms with Gasteiger partial charge in [0.2, 0.25) is 5.91 Å². The van der Waals surface area contributed by atoms with Crippen LogP contribution in [0.2, 0.25) is 0 Å². The fraction of sp³-hybridized carbons (Fsp3) is 0.727. The monoisotopic (exact) mass is 211 g/mol. The molecule has 2 aliphatic carbocycles. The summed E-state index contributed by atoms with van der Waals surface area (Å²) in [5, 5.41) is 0. The summed E-state index contributed by atoms with van der Waals surface area (Å²) in [7, 11) is 0. The summed E-state index contributed by atoms with van der Waals surface area (Å²) in [6, 6.07) is 0. The number of halogens is 1. The largest absolute Gasteiger partial charge is 0.341 e. The molecule has 2 bridgehead atoms. The molecule has 0 spiro atoms. The van der Waals surface area contributed by atoms with Crippen LogP contribution in [0.5, 0.6) is 0 Å². The molecule has 0 unspecified atom stereocenters. The maximum atomic E-state index is 11.5. The Kier molecular flexibility index (Phi) is 1.88. The van der Waals surface area contributed by atoms with E-state index in [1.54, 1.807) is 0 Å². The summed E-state index contributed by atoms with van der Waals surface area (Å²) >= 11 is 5.57. The van der Waals surface area contributed by atoms with Crippen molar-refractivity contribution in [2.45, 2.75) is 6.42 Å². The fourth-order valence-corrected chi connectivity index (χ4v) is 3.61. The Bertz CT molecular complexity index is 282. The highest BCUT2D eigenvalue weighted by Gasteiger charge is 2.49. The highest BCUT2D eigenvalue weighted by Crippen LogP contribution is 2.51. The predicted octanol–water partition coefficient (Wildman–Crippen LogP) is 1.51. The summed E-state index contributed by atoms with van der Waals surface area (Å²) in [6.45, 7) is 1.89. The summed E-state index contributed by atoms with van der Waals surface area (Å²) in [6.07, 6.45) is 6.03. The molecule has 1 aliphatic heterocycles. The molecule has 14 heavy (non-hydrogen) atoms. The molecule has 3 heteroatoms. The van der Waals surface area contributed by atoms with Crippen LogP contribution in [0.1, 0.15) is 6.42 Å². The van der Waals surface area contributed by atoms with E-state index in [2.05, 4.69) is 12.2 Å². The summed E-state index contributed by atoms with van der Waals surface area (Å²) in [5.41, 5.74) is 0. The van der Waals surface area contributed by atoms with Crippen LogP contribution in [-0.2, 0) is 4.79 Å². The number of nitrogens with zero attached hydrogens (tertiary/aromatic N) is 1. The van der Waals surface area contributed by atoms with E-state index in [4.69, 9.17) is 11.6 Å². The number of carbonyl (C=O) groups is 1. The first-order valence-electron chi connectivity index (χ1n) is 5.31. The van der Waals surface area contributed by atoms with Crippen molar-refractivity contribution in [2.24, 2.45) is 23.7 Å². The molecule has 1 saturated heterocycles. The molecule has 1 saturated carbocycles. The Hall–Kier alpha value is -0.500. The van der Waals surface area contributed by atoms with Crippen LogP contribution in [-0.4, -0.2) is 29.8 Å². The number of alkyl halides is 1. The Labute approximate surface area is 88.9 Å². The molecule has 3 rings (SSSR count). The standard InChI is InChI=1S/C11H14ClNO/c12-4-11(14)13-5-9-7-1-2-8(3-7)10(9)6-13/h1-2,7-10H,3-6H2/t7-,8+,9-,10+. The van der Waals surface area contributed by atoms with Gasteiger partial charge in [0, 0.05) is 13.1 Å². The number of hydrogen-bond acceptors (Lipinski definition) is 1. The number of amides is 1. The molecule has 4 atom stereocenters. The van der Waals surface area contributed by atoms with Gasteiger partial charge in [-0.2, -0.15) is 0 Å². The van der Waals surface area contributed by atoms with Gasteiger partial charge in [-0.05, 0) is 30.1 Å². The van der Waals surface area contributed by atoms with Gasteiger partial charge in [0.1, 0.15) is 5.88 Å². The van der Waals surface area contributed by atoms with Crippen LogP contribution in [0, 0.1) is 23.7 Å². The van der Waals surface area contributed by atoms with Gasteiger partial charge in [0.05, 0.1) is 0 Å². The molecule has 1 heterocycles. The summed E-state index contributed by atoms with van der Waals surface area (Å²) < 4.78 is 0. The highest BCUT2D eigenvalue weighted by atomic mass is 35.5. The molecule has 1 amide bonds. The predicted molar refractivity (Wildman–Crippen MR) is 55.0 cm³/mol. The number of fused-ring (bicyclic) bond motifs is 5. The van der Waals surface area contributed by atoms with Crippen LogP contribution in [0.4, 0.5) is 0 Å². The topological polar surface area (TPSA) is 20.3 Å². The molecule has 2 nitrogen and oxygen atoms in total. The normalized spacial score (nSPS) is 43.4. The minimum absolute atomic E-state index is 0.112. The third-order valence-corrected chi connectivity index (χ3v) is 4.36. The zero-order valence-electron chi connectivity index (χ0n) is 8.03. The first kappa shape index (κ1) is 8.78. The lowest BCUT2D eigenvalue weighted by Crippen LogP contribution is -2.31. The SMILES string of the molecule is O=C(CCl)N1C[C@@H]2[C@H](C1)[C@@H]1C=C[C@H]2C1. The van der Waals surface area contributed by atoms with Gasteiger partial charge in [0.25, 0.3) is 0 Å². The van der Waals surface area contributed by atoms with Crippen molar-refractivity contribution < 1.29 is 4.79 Å². The van der Waals surface area contributed by atoms with Gasteiger partial charge >= 0.3 is 0 Å². The van der Waals surface area contributed by atoms with Crippen LogP contribution >= 0.6 is 11.6 Å². The maximum Gasteiger partial charge on any atom is 0.237 e. The lowest BCUT2D eigenvalue weighted by Gasteiger charge is -2.17. The number of allylic oxidation sites excluding steroid dienone is 2. The zero-order chi connectivity index (χ0) is 9.71. The van der Waals surface area contributed by atoms with Crippen molar-refractivity contribution in [3.05, 3.63) is 12.2 Å². The van der Waals surface area contributed by atoms with Crippen molar-refractivity contribution in [3.8, 4) is 0 Å². The first-order valence-corrected chi connectivity index (χ1v) is 5.85. The average molecular weight is 212 g/mol. The van der Waals surface area contributed by atoms with E-state index in [1.165, 1.54) is 6.42 Å². The van der Waals surface area contributed by atoms with Gasteiger partial charge < -0.3 is 4.90 Å². The molecule has 3 aliphatic rings. The van der Waals surface area contributed by atoms with Crippen LogP contribution in [0.3, 0.4) is 0 Å². The molecule has 76 valence electrons. The number of carbonyl (C=O) groups excluding carboxylic acids is 1. The molecule has 0 N–H and O–H groups in total. The van der Waals surface area contributed by atoms with Crippen LogP contribution in [0.15, 0.2) is 12.2 Å². The molecule has 0 aromatic heterocycles. The number of likely N-dealkylation sites (tertiary alicyclic amines) is 1. The molecule has 2 fully saturated rings. The van der Waals surface area contributed by atoms with E-state index in [-0.39, 0.29) is 11.8 Å². The molecular formula is C11H14ClNO. The van der Waals surface area contributed by atoms with E-state index in [0.29, 0.717) is 0 Å². The van der Waals surface area contributed by atoms with Crippen LogP contribution < -0.4 is 0 Å². The quantitative estimate of drug-likeness (QED) is 0.476. The van der Waals surface area contributed by atoms with Gasteiger partial charge in [-0.25, -0.2) is 0 Å². The van der Waals surface area contributed by atoms with E-state index < -0.39 is 0 Å². The molecular weight excluding hydrogens is 198 g/mol. The third-order valence-electron chi connectivity index (χ3n) is 4.13. The van der Waals surface area contributed by atoms with Crippen molar-refractivity contribution in [2.75, 3.05) is 19.0 Å². The summed E-state index contributed by atoms with van der Waals surface area (Å²) in [5.74, 6) is 3.22. The second-order valence-corrected chi connectivity index (χ2v) is 4.98. The second kappa shape index (κ2) is 2.99. The van der Waals surface area contributed by atoms with Gasteiger partial charge in [-0.3, -0.25) is 4.79 Å². The van der Waals surface area contributed by atoms with Crippen molar-refractivity contribution in [1.29, 1.82) is 0 Å². The smallest absolute Gasteiger partial charge is 0.237 e. The fourth-order valence-electron chi connectivity index (χ4n) is 3.44. The van der Waals surface area contributed by atoms with E-state index in [0.717, 1.165) is 36.8 Å². The first-order chi connectivity index (χ1) is 6.79. The molecule has 0 aromatic rings. The third kappa shape index (κ3) is 1.07. The minimum Gasteiger partial charge on any atom is -0.341 e. The van der Waals surface area contributed by atoms with E-state index >= 15 is 0 Å². The van der Waals surface area contributed by atoms with Crippen LogP contribution in [0.25, 0.3) is 0 Å². The minimum atomic E-state index is 0.112. The van der Waals surface area contributed by atoms with Gasteiger partial charge in [-0.1, -0.05) is 12.2 Å². The lowest BCUT2D eigenvalue weighted by atomic mass is 9.86. The van der Waals surface area contributed by atoms with Crippen molar-refractivity contribution in [1.82, 2.24) is 4.90 Å². The van der Waals surface area contributed by atoms with Crippen molar-refractivity contribution >= 4 is 17.5 Å². The molecule has 0 radical (unpaired) electrons. The Morgan fingerprint density at radius 3 is 2.36 bits per heavy atom. The number of rotatable bonds is 1. The van der Waals surface area contributed by atoms with Gasteiger partial charge in [0.15, 0.2) is 0 Å². The lowest BCUT2D eigenvalue weighted by molar-refractivity contribution is -0.127. The summed E-state index contributed by atoms with van der Waals surface area (Å²) in [4.78, 5) is 13.4. The second-order valence-electron chi connectivity index (χ2n) is 4.71. The average Bonchev–Trinajstić information content (AvgIpc) is 2.87. The zero-order valence-corrected chi connectivity index (χ0v) is 8.78. The maximum absolute atomic E-state index is 11.5. The molecule has 0 aromatic carbocycles. The van der Waals surface area contributed by atoms with E-state index in [9.17, 15) is 4.79 Å². The highest BCUT2D eigenvalue weighted by molar-refractivity contribution is 6.27. The van der Waals surface area contributed by atoms with E-state index in [1.807, 2.05) is 4.90 Å².